The van der Waals surface area contributed by atoms with Crippen LogP contribution in [0.15, 0.2) is 77.7 Å². The molecule has 1 amide bonds. The second kappa shape index (κ2) is 8.12. The number of aromatic hydroxyl groups is 1. The smallest absolute Gasteiger partial charge is 0.278 e. The van der Waals surface area contributed by atoms with E-state index in [2.05, 4.69) is 0 Å². The number of halogens is 1. The minimum absolute atomic E-state index is 0.112. The number of carbonyl (C=O) groups is 1. The molecule has 1 aromatic heterocycles. The van der Waals surface area contributed by atoms with Crippen LogP contribution in [0.4, 0.5) is 4.39 Å². The molecule has 0 spiro atoms. The first-order valence-electron chi connectivity index (χ1n) is 10.6. The van der Waals surface area contributed by atoms with E-state index in [1.807, 2.05) is 42.3 Å². The standard InChI is InChI=1S/C25H22FN3O4/c1-16-7-6-14-33-24-18(10-5-11-19(24)26)21(17-8-3-2-4-9-17)29-15-27(16)25(32)22-23(31)20(30)12-13-28(22)29/h2-13,16,21,31H,14-15H2,1H3/b7-6+/t16-,21-/m0/s1. The van der Waals surface area contributed by atoms with Crippen molar-refractivity contribution in [2.24, 2.45) is 0 Å². The van der Waals surface area contributed by atoms with Gasteiger partial charge in [0.1, 0.15) is 19.3 Å². The lowest BCUT2D eigenvalue weighted by Crippen LogP contribution is -2.57. The highest BCUT2D eigenvalue weighted by Gasteiger charge is 2.39. The highest BCUT2D eigenvalue weighted by atomic mass is 19.1. The van der Waals surface area contributed by atoms with Crippen LogP contribution in [0.3, 0.4) is 0 Å². The first-order chi connectivity index (χ1) is 16.0. The van der Waals surface area contributed by atoms with Gasteiger partial charge in [-0.1, -0.05) is 48.5 Å². The Labute approximate surface area is 189 Å². The predicted molar refractivity (Wildman–Crippen MR) is 120 cm³/mol. The fourth-order valence-electron chi connectivity index (χ4n) is 4.40. The molecule has 3 aromatic rings. The van der Waals surface area contributed by atoms with E-state index in [1.54, 1.807) is 29.2 Å². The van der Waals surface area contributed by atoms with Crippen molar-refractivity contribution in [1.82, 2.24) is 9.58 Å². The second-order valence-corrected chi connectivity index (χ2v) is 8.03. The van der Waals surface area contributed by atoms with Crippen molar-refractivity contribution < 1.29 is 19.0 Å². The molecule has 7 nitrogen and oxygen atoms in total. The Hall–Kier alpha value is -4.07. The van der Waals surface area contributed by atoms with Crippen molar-refractivity contribution in [3.8, 4) is 11.5 Å². The summed E-state index contributed by atoms with van der Waals surface area (Å²) in [6.45, 7) is 2.09. The number of aromatic nitrogens is 1. The third-order valence-corrected chi connectivity index (χ3v) is 6.03. The molecule has 0 unspecified atom stereocenters. The summed E-state index contributed by atoms with van der Waals surface area (Å²) in [4.78, 5) is 27.1. The fraction of sp³-hybridized carbons (Fsp3) is 0.200. The van der Waals surface area contributed by atoms with Gasteiger partial charge in [-0.2, -0.15) is 0 Å². The number of carbonyl (C=O) groups excluding carboxylic acids is 1. The zero-order valence-corrected chi connectivity index (χ0v) is 17.9. The summed E-state index contributed by atoms with van der Waals surface area (Å²) in [6, 6.07) is 14.4. The molecule has 2 aliphatic heterocycles. The predicted octanol–water partition coefficient (Wildman–Crippen LogP) is 3.17. The average Bonchev–Trinajstić information content (AvgIpc) is 2.84. The fourth-order valence-corrected chi connectivity index (χ4v) is 4.40. The molecule has 2 aliphatic rings. The number of pyridine rings is 1. The van der Waals surface area contributed by atoms with Crippen LogP contribution in [0.25, 0.3) is 0 Å². The molecule has 2 aromatic carbocycles. The first kappa shape index (κ1) is 20.8. The molecule has 0 radical (unpaired) electrons. The quantitative estimate of drug-likeness (QED) is 0.580. The molecule has 0 aliphatic carbocycles. The maximum atomic E-state index is 15.0. The van der Waals surface area contributed by atoms with Gasteiger partial charge in [0.2, 0.25) is 5.43 Å². The Morgan fingerprint density at radius 3 is 2.64 bits per heavy atom. The van der Waals surface area contributed by atoms with Crippen molar-refractivity contribution in [3.05, 3.63) is 106 Å². The molecule has 2 atom stereocenters. The molecule has 2 bridgehead atoms. The number of hydrogen-bond donors (Lipinski definition) is 1. The molecule has 3 heterocycles. The van der Waals surface area contributed by atoms with Crippen molar-refractivity contribution in [1.29, 1.82) is 0 Å². The Kier molecular flexibility index (Phi) is 5.12. The van der Waals surface area contributed by atoms with Crippen LogP contribution in [0.2, 0.25) is 0 Å². The highest BCUT2D eigenvalue weighted by molar-refractivity contribution is 5.96. The minimum Gasteiger partial charge on any atom is -0.502 e. The SMILES string of the molecule is C[C@H]1/C=C/COc2c(F)cccc2[C@H](c2ccccc2)N2CN1C(=O)c1c(O)c(=O)ccn12. The Morgan fingerprint density at radius 1 is 1.06 bits per heavy atom. The number of ether oxygens (including phenoxy) is 1. The van der Waals surface area contributed by atoms with Crippen molar-refractivity contribution >= 4 is 5.91 Å². The van der Waals surface area contributed by atoms with E-state index in [0.717, 1.165) is 5.56 Å². The molecule has 0 saturated carbocycles. The van der Waals surface area contributed by atoms with Crippen LogP contribution < -0.4 is 15.2 Å². The summed E-state index contributed by atoms with van der Waals surface area (Å²) in [7, 11) is 0. The van der Waals surface area contributed by atoms with Crippen LogP contribution >= 0.6 is 0 Å². The Morgan fingerprint density at radius 2 is 1.85 bits per heavy atom. The zero-order chi connectivity index (χ0) is 23.1. The largest absolute Gasteiger partial charge is 0.502 e. The van der Waals surface area contributed by atoms with Gasteiger partial charge in [0, 0.05) is 23.9 Å². The molecule has 33 heavy (non-hydrogen) atoms. The number of hydrogen-bond acceptors (Lipinski definition) is 5. The number of nitrogens with zero attached hydrogens (tertiary/aromatic N) is 3. The monoisotopic (exact) mass is 447 g/mol. The number of amides is 1. The van der Waals surface area contributed by atoms with E-state index >= 15 is 0 Å². The van der Waals surface area contributed by atoms with Gasteiger partial charge in [0.25, 0.3) is 5.91 Å². The summed E-state index contributed by atoms with van der Waals surface area (Å²) in [5.41, 5.74) is 0.608. The van der Waals surface area contributed by atoms with Crippen LogP contribution in [-0.4, -0.2) is 39.9 Å². The van der Waals surface area contributed by atoms with Crippen LogP contribution in [0.1, 0.15) is 34.6 Å². The zero-order valence-electron chi connectivity index (χ0n) is 17.9. The molecule has 1 N–H and O–H groups in total. The third kappa shape index (κ3) is 3.44. The maximum Gasteiger partial charge on any atom is 0.278 e. The van der Waals surface area contributed by atoms with Crippen LogP contribution in [0.5, 0.6) is 11.5 Å². The van der Waals surface area contributed by atoms with E-state index in [0.29, 0.717) is 5.56 Å². The number of benzene rings is 2. The van der Waals surface area contributed by atoms with Gasteiger partial charge in [0.15, 0.2) is 23.0 Å². The molecule has 8 heteroatoms. The van der Waals surface area contributed by atoms with E-state index in [9.17, 15) is 19.1 Å². The van der Waals surface area contributed by atoms with E-state index in [-0.39, 0.29) is 30.8 Å². The molecule has 168 valence electrons. The highest BCUT2D eigenvalue weighted by Crippen LogP contribution is 2.38. The summed E-state index contributed by atoms with van der Waals surface area (Å²) in [6.07, 6.45) is 4.98. The Balaban J connectivity index is 1.83. The summed E-state index contributed by atoms with van der Waals surface area (Å²) in [5, 5.41) is 12.4. The second-order valence-electron chi connectivity index (χ2n) is 8.03. The van der Waals surface area contributed by atoms with Crippen LogP contribution in [0, 0.1) is 5.82 Å². The number of para-hydroxylation sites is 1. The van der Waals surface area contributed by atoms with Gasteiger partial charge >= 0.3 is 0 Å². The van der Waals surface area contributed by atoms with Gasteiger partial charge in [-0.15, -0.1) is 0 Å². The molecular weight excluding hydrogens is 425 g/mol. The van der Waals surface area contributed by atoms with Crippen molar-refractivity contribution in [2.75, 3.05) is 18.3 Å². The van der Waals surface area contributed by atoms with Gasteiger partial charge in [-0.05, 0) is 24.6 Å². The molecule has 0 fully saturated rings. The van der Waals surface area contributed by atoms with Gasteiger partial charge in [-0.3, -0.25) is 19.3 Å². The lowest BCUT2D eigenvalue weighted by atomic mass is 9.96. The van der Waals surface area contributed by atoms with E-state index in [4.69, 9.17) is 4.74 Å². The van der Waals surface area contributed by atoms with Gasteiger partial charge < -0.3 is 14.7 Å². The molecule has 5 rings (SSSR count). The molecular formula is C25H22FN3O4. The topological polar surface area (TPSA) is 75.0 Å². The van der Waals surface area contributed by atoms with Crippen LogP contribution in [-0.2, 0) is 0 Å². The average molecular weight is 447 g/mol. The van der Waals surface area contributed by atoms with Crippen molar-refractivity contribution in [3.63, 3.8) is 0 Å². The summed E-state index contributed by atoms with van der Waals surface area (Å²) in [5.74, 6) is -1.47. The number of rotatable bonds is 1. The summed E-state index contributed by atoms with van der Waals surface area (Å²) < 4.78 is 22.3. The molecule has 0 saturated heterocycles. The maximum absolute atomic E-state index is 15.0. The lowest BCUT2D eigenvalue weighted by Gasteiger charge is -2.45. The lowest BCUT2D eigenvalue weighted by molar-refractivity contribution is 0.0643. The van der Waals surface area contributed by atoms with Gasteiger partial charge in [0.05, 0.1) is 0 Å². The first-order valence-corrected chi connectivity index (χ1v) is 10.6. The van der Waals surface area contributed by atoms with Crippen molar-refractivity contribution in [2.45, 2.75) is 19.0 Å². The number of fused-ring (bicyclic) bond motifs is 5. The third-order valence-electron chi connectivity index (χ3n) is 6.03. The van der Waals surface area contributed by atoms with E-state index < -0.39 is 28.9 Å². The van der Waals surface area contributed by atoms with Gasteiger partial charge in [-0.25, -0.2) is 4.39 Å². The minimum atomic E-state index is -0.644. The summed E-state index contributed by atoms with van der Waals surface area (Å²) >= 11 is 0. The normalized spacial score (nSPS) is 20.8. The van der Waals surface area contributed by atoms with E-state index in [1.165, 1.54) is 23.0 Å². The Bertz CT molecular complexity index is 1300.